The first-order valence-electron chi connectivity index (χ1n) is 12.2. The Bertz CT molecular complexity index is 1140. The van der Waals surface area contributed by atoms with Gasteiger partial charge in [-0.3, -0.25) is 19.3 Å². The number of aryl methyl sites for hydroxylation is 1. The van der Waals surface area contributed by atoms with Crippen molar-refractivity contribution >= 4 is 11.7 Å². The Balaban J connectivity index is 1.44. The monoisotopic (exact) mass is 467 g/mol. The van der Waals surface area contributed by atoms with Crippen LogP contribution < -0.4 is 5.56 Å². The van der Waals surface area contributed by atoms with Gasteiger partial charge in [0.25, 0.3) is 5.56 Å². The Morgan fingerprint density at radius 3 is 2.47 bits per heavy atom. The third-order valence-corrected chi connectivity index (χ3v) is 7.46. The minimum atomic E-state index is -0.365. The maximum Gasteiger partial charge on any atom is 0.250 e. The van der Waals surface area contributed by atoms with Gasteiger partial charge in [-0.05, 0) is 61.6 Å². The van der Waals surface area contributed by atoms with E-state index in [-0.39, 0.29) is 35.5 Å². The second-order valence-corrected chi connectivity index (χ2v) is 9.91. The second kappa shape index (κ2) is 10.2. The first-order valence-corrected chi connectivity index (χ1v) is 12.2. The highest BCUT2D eigenvalue weighted by Gasteiger charge is 2.33. The quantitative estimate of drug-likeness (QED) is 0.611. The van der Waals surface area contributed by atoms with Crippen LogP contribution in [0.4, 0.5) is 4.39 Å². The topological polar surface area (TPSA) is 62.6 Å². The van der Waals surface area contributed by atoms with Crippen molar-refractivity contribution in [3.05, 3.63) is 68.9 Å². The summed E-state index contributed by atoms with van der Waals surface area (Å²) in [5, 5.41) is 0. The van der Waals surface area contributed by atoms with E-state index in [4.69, 9.17) is 0 Å². The molecule has 1 saturated carbocycles. The molecule has 1 aliphatic carbocycles. The van der Waals surface area contributed by atoms with Gasteiger partial charge >= 0.3 is 0 Å². The first kappa shape index (κ1) is 24.3. The molecule has 34 heavy (non-hydrogen) atoms. The van der Waals surface area contributed by atoms with Crippen LogP contribution in [0.2, 0.25) is 0 Å². The molecule has 0 N–H and O–H groups in total. The molecule has 1 amide bonds. The number of rotatable bonds is 6. The van der Waals surface area contributed by atoms with Crippen molar-refractivity contribution in [2.45, 2.75) is 58.5 Å². The lowest BCUT2D eigenvalue weighted by atomic mass is 9.95. The first-order chi connectivity index (χ1) is 16.2. The molecular formula is C27H34FN3O3. The van der Waals surface area contributed by atoms with Crippen LogP contribution in [0.3, 0.4) is 0 Å². The van der Waals surface area contributed by atoms with E-state index in [1.165, 1.54) is 16.7 Å². The number of ketones is 1. The number of aromatic nitrogens is 1. The zero-order valence-corrected chi connectivity index (χ0v) is 20.3. The summed E-state index contributed by atoms with van der Waals surface area (Å²) in [5.41, 5.74) is 2.49. The number of carbonyl (C=O) groups is 2. The number of carbonyl (C=O) groups excluding carboxylic acids is 2. The lowest BCUT2D eigenvalue weighted by Gasteiger charge is -2.41. The van der Waals surface area contributed by atoms with Crippen LogP contribution in [0.1, 0.15) is 59.7 Å². The molecule has 0 bridgehead atoms. The largest absolute Gasteiger partial charge is 0.337 e. The third-order valence-electron chi connectivity index (χ3n) is 7.46. The van der Waals surface area contributed by atoms with E-state index >= 15 is 0 Å². The van der Waals surface area contributed by atoms with E-state index in [0.717, 1.165) is 49.9 Å². The lowest BCUT2D eigenvalue weighted by Crippen LogP contribution is -2.54. The summed E-state index contributed by atoms with van der Waals surface area (Å²) in [6.45, 7) is 6.78. The van der Waals surface area contributed by atoms with Crippen LogP contribution in [0, 0.1) is 18.7 Å². The highest BCUT2D eigenvalue weighted by molar-refractivity contribution is 5.97. The number of piperazine rings is 1. The van der Waals surface area contributed by atoms with Crippen LogP contribution >= 0.6 is 0 Å². The van der Waals surface area contributed by atoms with Gasteiger partial charge in [-0.2, -0.15) is 0 Å². The van der Waals surface area contributed by atoms with E-state index < -0.39 is 0 Å². The molecular weight excluding hydrogens is 433 g/mol. The molecule has 6 nitrogen and oxygen atoms in total. The van der Waals surface area contributed by atoms with Gasteiger partial charge < -0.3 is 9.47 Å². The minimum absolute atomic E-state index is 0.0455. The molecule has 1 aromatic carbocycles. The van der Waals surface area contributed by atoms with Gasteiger partial charge in [0.05, 0.1) is 0 Å². The maximum atomic E-state index is 14.5. The van der Waals surface area contributed by atoms with E-state index in [9.17, 15) is 18.8 Å². The van der Waals surface area contributed by atoms with Crippen LogP contribution in [0.25, 0.3) is 0 Å². The summed E-state index contributed by atoms with van der Waals surface area (Å²) >= 11 is 0. The molecule has 2 fully saturated rings. The van der Waals surface area contributed by atoms with Gasteiger partial charge in [-0.1, -0.05) is 12.8 Å². The van der Waals surface area contributed by atoms with Crippen molar-refractivity contribution in [3.8, 4) is 0 Å². The molecule has 182 valence electrons. The summed E-state index contributed by atoms with van der Waals surface area (Å²) in [7, 11) is 1.63. The predicted octanol–water partition coefficient (Wildman–Crippen LogP) is 3.48. The Morgan fingerprint density at radius 1 is 1.09 bits per heavy atom. The number of pyridine rings is 1. The maximum absolute atomic E-state index is 14.5. The van der Waals surface area contributed by atoms with Crippen molar-refractivity contribution in [1.29, 1.82) is 0 Å². The lowest BCUT2D eigenvalue weighted by molar-refractivity contribution is -0.140. The Hall–Kier alpha value is -2.80. The van der Waals surface area contributed by atoms with E-state index in [1.54, 1.807) is 25.4 Å². The third kappa shape index (κ3) is 5.30. The number of hydrogen-bond donors (Lipinski definition) is 0. The predicted molar refractivity (Wildman–Crippen MR) is 129 cm³/mol. The molecule has 2 heterocycles. The minimum Gasteiger partial charge on any atom is -0.337 e. The fourth-order valence-corrected chi connectivity index (χ4v) is 5.29. The fourth-order valence-electron chi connectivity index (χ4n) is 5.29. The van der Waals surface area contributed by atoms with Gasteiger partial charge in [0.15, 0.2) is 5.78 Å². The van der Waals surface area contributed by atoms with E-state index in [1.807, 2.05) is 11.8 Å². The molecule has 1 atom stereocenters. The van der Waals surface area contributed by atoms with Gasteiger partial charge in [0.1, 0.15) is 5.82 Å². The number of hydrogen-bond acceptors (Lipinski definition) is 4. The van der Waals surface area contributed by atoms with Crippen molar-refractivity contribution < 1.29 is 14.0 Å². The fraction of sp³-hybridized carbons (Fsp3) is 0.519. The van der Waals surface area contributed by atoms with Crippen molar-refractivity contribution in [1.82, 2.24) is 14.4 Å². The van der Waals surface area contributed by atoms with Crippen LogP contribution in [0.5, 0.6) is 0 Å². The smallest absolute Gasteiger partial charge is 0.250 e. The number of halogens is 1. The van der Waals surface area contributed by atoms with Crippen molar-refractivity contribution in [2.24, 2.45) is 13.0 Å². The molecule has 1 saturated heterocycles. The number of Topliss-reactive ketones (excluding diaryl/α,β-unsaturated/α-hetero) is 1. The van der Waals surface area contributed by atoms with Gasteiger partial charge in [0, 0.05) is 69.4 Å². The molecule has 0 radical (unpaired) electrons. The zero-order valence-electron chi connectivity index (χ0n) is 20.3. The average molecular weight is 468 g/mol. The SMILES string of the molecule is Cc1c(CC(=O)c2ccn(C)c(=O)c2)cc(F)cc1CN1CCN(C(=O)C2CCCC2)[C@@H](C)C1. The summed E-state index contributed by atoms with van der Waals surface area (Å²) in [6.07, 6.45) is 5.92. The van der Waals surface area contributed by atoms with Crippen LogP contribution in [-0.2, 0) is 24.8 Å². The highest BCUT2D eigenvalue weighted by Crippen LogP contribution is 2.28. The Labute approximate surface area is 200 Å². The molecule has 1 aromatic heterocycles. The molecule has 2 aromatic rings. The van der Waals surface area contributed by atoms with E-state index in [2.05, 4.69) is 11.8 Å². The Morgan fingerprint density at radius 2 is 1.79 bits per heavy atom. The molecule has 2 aliphatic rings. The summed E-state index contributed by atoms with van der Waals surface area (Å²) in [5.74, 6) is -0.0898. The second-order valence-electron chi connectivity index (χ2n) is 9.91. The van der Waals surface area contributed by atoms with E-state index in [0.29, 0.717) is 30.1 Å². The summed E-state index contributed by atoms with van der Waals surface area (Å²) < 4.78 is 15.9. The van der Waals surface area contributed by atoms with Crippen molar-refractivity contribution in [3.63, 3.8) is 0 Å². The molecule has 0 unspecified atom stereocenters. The number of amides is 1. The van der Waals surface area contributed by atoms with Crippen molar-refractivity contribution in [2.75, 3.05) is 19.6 Å². The summed E-state index contributed by atoms with van der Waals surface area (Å²) in [6, 6.07) is 6.02. The Kier molecular flexibility index (Phi) is 7.31. The van der Waals surface area contributed by atoms with Crippen LogP contribution in [-0.4, -0.2) is 51.7 Å². The highest BCUT2D eigenvalue weighted by atomic mass is 19.1. The van der Waals surface area contributed by atoms with Gasteiger partial charge in [-0.15, -0.1) is 0 Å². The molecule has 1 aliphatic heterocycles. The molecule has 0 spiro atoms. The summed E-state index contributed by atoms with van der Waals surface area (Å²) in [4.78, 5) is 41.8. The normalized spacial score (nSPS) is 19.5. The van der Waals surface area contributed by atoms with Gasteiger partial charge in [0.2, 0.25) is 5.91 Å². The van der Waals surface area contributed by atoms with Gasteiger partial charge in [-0.25, -0.2) is 4.39 Å². The number of benzene rings is 1. The van der Waals surface area contributed by atoms with Crippen LogP contribution in [0.15, 0.2) is 35.3 Å². The molecule has 7 heteroatoms. The molecule has 4 rings (SSSR count). The number of nitrogens with zero attached hydrogens (tertiary/aromatic N) is 3. The average Bonchev–Trinajstić information content (AvgIpc) is 3.33. The zero-order chi connectivity index (χ0) is 24.4. The standard InChI is InChI=1S/C27H34FN3O3/c1-18-16-30(10-11-31(18)27(34)20-6-4-5-7-20)17-23-13-24(28)12-22(19(23)2)14-25(32)21-8-9-29(3)26(33)15-21/h8-9,12-13,15,18,20H,4-7,10-11,14,16-17H2,1-3H3/t18-/m0/s1.